The zero-order valence-corrected chi connectivity index (χ0v) is 5.84. The first-order chi connectivity index (χ1) is 4.33. The maximum absolute atomic E-state index is 9.18. The minimum absolute atomic E-state index is 0.123. The Hall–Kier alpha value is -0.0800. The molecule has 1 rings (SSSR count). The fourth-order valence-electron chi connectivity index (χ4n) is 0.959. The van der Waals surface area contributed by atoms with E-state index in [4.69, 9.17) is 4.74 Å². The third kappa shape index (κ3) is 2.82. The fraction of sp³-hybridized carbons (Fsp3) is 1.00. The van der Waals surface area contributed by atoms with Crippen LogP contribution in [0.15, 0.2) is 0 Å². The summed E-state index contributed by atoms with van der Waals surface area (Å²) in [7, 11) is 0. The molecule has 0 aromatic carbocycles. The van der Waals surface area contributed by atoms with Gasteiger partial charge < -0.3 is 9.84 Å². The van der Waals surface area contributed by atoms with E-state index in [9.17, 15) is 5.11 Å². The van der Waals surface area contributed by atoms with Gasteiger partial charge in [0.2, 0.25) is 0 Å². The van der Waals surface area contributed by atoms with Gasteiger partial charge in [0.1, 0.15) is 0 Å². The van der Waals surface area contributed by atoms with Gasteiger partial charge in [-0.2, -0.15) is 0 Å². The second-order valence-electron chi connectivity index (χ2n) is 2.63. The third-order valence-corrected chi connectivity index (χ3v) is 1.56. The van der Waals surface area contributed by atoms with E-state index in [0.29, 0.717) is 6.10 Å². The van der Waals surface area contributed by atoms with E-state index in [1.807, 2.05) is 0 Å². The molecular formula is C7H14O2. The molecule has 1 N–H and O–H groups in total. The van der Waals surface area contributed by atoms with Gasteiger partial charge in [-0.25, -0.2) is 0 Å². The molecule has 2 heteroatoms. The first-order valence-electron chi connectivity index (χ1n) is 3.62. The van der Waals surface area contributed by atoms with Crippen LogP contribution >= 0.6 is 0 Å². The van der Waals surface area contributed by atoms with Crippen molar-refractivity contribution in [2.45, 2.75) is 38.4 Å². The summed E-state index contributed by atoms with van der Waals surface area (Å²) in [6.07, 6.45) is 3.08. The molecule has 2 atom stereocenters. The highest BCUT2D eigenvalue weighted by Crippen LogP contribution is 2.17. The lowest BCUT2D eigenvalue weighted by Crippen LogP contribution is -2.08. The molecule has 2 nitrogen and oxygen atoms in total. The van der Waals surface area contributed by atoms with Crippen molar-refractivity contribution in [3.63, 3.8) is 0 Å². The highest BCUT2D eigenvalue weighted by atomic mass is 16.6. The average Bonchev–Trinajstić information content (AvgIpc) is 2.50. The lowest BCUT2D eigenvalue weighted by Gasteiger charge is -2.04. The Labute approximate surface area is 55.8 Å². The summed E-state index contributed by atoms with van der Waals surface area (Å²) in [6, 6.07) is 0. The van der Waals surface area contributed by atoms with E-state index in [-0.39, 0.29) is 6.10 Å². The van der Waals surface area contributed by atoms with Gasteiger partial charge in [-0.1, -0.05) is 13.3 Å². The number of ether oxygens (including phenoxy) is 1. The number of aliphatic hydroxyl groups is 1. The Balaban J connectivity index is 1.95. The van der Waals surface area contributed by atoms with Crippen LogP contribution in [0.25, 0.3) is 0 Å². The van der Waals surface area contributed by atoms with Gasteiger partial charge in [-0.15, -0.1) is 0 Å². The first kappa shape index (κ1) is 7.03. The summed E-state index contributed by atoms with van der Waals surface area (Å²) in [5.74, 6) is 0. The van der Waals surface area contributed by atoms with Crippen LogP contribution in [0.4, 0.5) is 0 Å². The van der Waals surface area contributed by atoms with Gasteiger partial charge in [0.25, 0.3) is 0 Å². The summed E-state index contributed by atoms with van der Waals surface area (Å²) in [4.78, 5) is 0. The van der Waals surface area contributed by atoms with Crippen LogP contribution in [-0.2, 0) is 4.74 Å². The molecule has 0 aromatic heterocycles. The summed E-state index contributed by atoms with van der Waals surface area (Å²) >= 11 is 0. The highest BCUT2D eigenvalue weighted by molar-refractivity contribution is 4.72. The molecule has 9 heavy (non-hydrogen) atoms. The Kier molecular flexibility index (Phi) is 2.49. The molecular weight excluding hydrogens is 116 g/mol. The van der Waals surface area contributed by atoms with E-state index >= 15 is 0 Å². The molecule has 0 amide bonds. The molecule has 1 fully saturated rings. The number of rotatable bonds is 4. The average molecular weight is 130 g/mol. The second-order valence-corrected chi connectivity index (χ2v) is 2.63. The maximum atomic E-state index is 9.18. The van der Waals surface area contributed by atoms with Crippen LogP contribution in [-0.4, -0.2) is 23.9 Å². The zero-order valence-electron chi connectivity index (χ0n) is 5.84. The number of epoxide rings is 1. The van der Waals surface area contributed by atoms with Crippen molar-refractivity contribution in [3.05, 3.63) is 0 Å². The molecule has 1 heterocycles. The predicted octanol–water partition coefficient (Wildman–Crippen LogP) is 0.936. The minimum Gasteiger partial charge on any atom is -0.393 e. The van der Waals surface area contributed by atoms with E-state index in [0.717, 1.165) is 25.9 Å². The van der Waals surface area contributed by atoms with Gasteiger partial charge in [0.05, 0.1) is 18.8 Å². The van der Waals surface area contributed by atoms with Crippen LogP contribution in [0, 0.1) is 0 Å². The van der Waals surface area contributed by atoms with Crippen LogP contribution < -0.4 is 0 Å². The third-order valence-electron chi connectivity index (χ3n) is 1.56. The quantitative estimate of drug-likeness (QED) is 0.574. The normalized spacial score (nSPS) is 28.0. The lowest BCUT2D eigenvalue weighted by atomic mass is 10.1. The van der Waals surface area contributed by atoms with Gasteiger partial charge in [-0.3, -0.25) is 0 Å². The van der Waals surface area contributed by atoms with Crippen LogP contribution in [0.3, 0.4) is 0 Å². The van der Waals surface area contributed by atoms with Crippen molar-refractivity contribution in [1.29, 1.82) is 0 Å². The number of hydrogen-bond acceptors (Lipinski definition) is 2. The summed E-state index contributed by atoms with van der Waals surface area (Å²) < 4.78 is 4.97. The largest absolute Gasteiger partial charge is 0.393 e. The van der Waals surface area contributed by atoms with E-state index in [2.05, 4.69) is 6.92 Å². The van der Waals surface area contributed by atoms with E-state index < -0.39 is 0 Å². The lowest BCUT2D eigenvalue weighted by molar-refractivity contribution is 0.142. The van der Waals surface area contributed by atoms with Crippen LogP contribution in [0.2, 0.25) is 0 Å². The molecule has 0 bridgehead atoms. The molecule has 0 aliphatic carbocycles. The zero-order chi connectivity index (χ0) is 6.69. The Bertz CT molecular complexity index is 79.0. The van der Waals surface area contributed by atoms with Crippen molar-refractivity contribution in [1.82, 2.24) is 0 Å². The highest BCUT2D eigenvalue weighted by Gasteiger charge is 2.24. The molecule has 1 aliphatic heterocycles. The Morgan fingerprint density at radius 2 is 2.44 bits per heavy atom. The van der Waals surface area contributed by atoms with Crippen molar-refractivity contribution < 1.29 is 9.84 Å². The van der Waals surface area contributed by atoms with E-state index in [1.54, 1.807) is 0 Å². The van der Waals surface area contributed by atoms with Crippen molar-refractivity contribution in [3.8, 4) is 0 Å². The molecule has 0 spiro atoms. The van der Waals surface area contributed by atoms with Crippen LogP contribution in [0.5, 0.6) is 0 Å². The molecule has 54 valence electrons. The van der Waals surface area contributed by atoms with Gasteiger partial charge >= 0.3 is 0 Å². The van der Waals surface area contributed by atoms with Gasteiger partial charge in [0, 0.05) is 6.42 Å². The first-order valence-corrected chi connectivity index (χ1v) is 3.62. The summed E-state index contributed by atoms with van der Waals surface area (Å²) in [5, 5.41) is 9.18. The molecule has 0 saturated carbocycles. The standard InChI is InChI=1S/C7H14O2/c1-2-3-6(8)4-7-5-9-7/h6-8H,2-5H2,1H3/t6-,7?/m1/s1. The van der Waals surface area contributed by atoms with Crippen molar-refractivity contribution in [2.75, 3.05) is 6.61 Å². The monoisotopic (exact) mass is 130 g/mol. The summed E-state index contributed by atoms with van der Waals surface area (Å²) in [5.41, 5.74) is 0. The van der Waals surface area contributed by atoms with Crippen molar-refractivity contribution in [2.24, 2.45) is 0 Å². The SMILES string of the molecule is CCC[C@@H](O)CC1CO1. The topological polar surface area (TPSA) is 32.8 Å². The summed E-state index contributed by atoms with van der Waals surface area (Å²) in [6.45, 7) is 2.94. The van der Waals surface area contributed by atoms with Crippen LogP contribution in [0.1, 0.15) is 26.2 Å². The maximum Gasteiger partial charge on any atom is 0.0834 e. The van der Waals surface area contributed by atoms with Gasteiger partial charge in [-0.05, 0) is 6.42 Å². The number of hydrogen-bond donors (Lipinski definition) is 1. The fourth-order valence-corrected chi connectivity index (χ4v) is 0.959. The molecule has 1 unspecified atom stereocenters. The molecule has 0 radical (unpaired) electrons. The minimum atomic E-state index is -0.123. The number of aliphatic hydroxyl groups excluding tert-OH is 1. The Morgan fingerprint density at radius 1 is 1.78 bits per heavy atom. The predicted molar refractivity (Wildman–Crippen MR) is 35.3 cm³/mol. The van der Waals surface area contributed by atoms with Gasteiger partial charge in [0.15, 0.2) is 0 Å². The molecule has 1 saturated heterocycles. The molecule has 1 aliphatic rings. The van der Waals surface area contributed by atoms with Crippen molar-refractivity contribution >= 4 is 0 Å². The smallest absolute Gasteiger partial charge is 0.0834 e. The molecule has 0 aromatic rings. The van der Waals surface area contributed by atoms with E-state index in [1.165, 1.54) is 0 Å². The Morgan fingerprint density at radius 3 is 2.89 bits per heavy atom. The second kappa shape index (κ2) is 3.18.